The van der Waals surface area contributed by atoms with E-state index in [0.717, 1.165) is 18.8 Å². The molecule has 2 heterocycles. The van der Waals surface area contributed by atoms with E-state index >= 15 is 0 Å². The molecule has 1 N–H and O–H groups in total. The molecule has 4 nitrogen and oxygen atoms in total. The largest absolute Gasteiger partial charge is 0.469 e. The highest BCUT2D eigenvalue weighted by Gasteiger charge is 2.23. The second kappa shape index (κ2) is 8.15. The second-order valence-corrected chi connectivity index (χ2v) is 6.55. The maximum atomic E-state index is 12.2. The van der Waals surface area contributed by atoms with Gasteiger partial charge < -0.3 is 9.73 Å². The number of benzene rings is 1. The quantitative estimate of drug-likeness (QED) is 0.847. The average molecular weight is 326 g/mol. The van der Waals surface area contributed by atoms with E-state index in [0.29, 0.717) is 19.4 Å². The monoisotopic (exact) mass is 326 g/mol. The lowest BCUT2D eigenvalue weighted by Gasteiger charge is -2.28. The lowest BCUT2D eigenvalue weighted by Crippen LogP contribution is -2.36. The van der Waals surface area contributed by atoms with Crippen molar-refractivity contribution in [3.8, 4) is 0 Å². The van der Waals surface area contributed by atoms with E-state index in [1.165, 1.54) is 24.0 Å². The van der Waals surface area contributed by atoms with Crippen molar-refractivity contribution in [3.63, 3.8) is 0 Å². The van der Waals surface area contributed by atoms with Crippen molar-refractivity contribution in [1.29, 1.82) is 0 Å². The summed E-state index contributed by atoms with van der Waals surface area (Å²) in [6.07, 6.45) is 5.25. The molecule has 0 bridgehead atoms. The van der Waals surface area contributed by atoms with Crippen LogP contribution < -0.4 is 5.32 Å². The molecule has 1 aliphatic rings. The molecule has 1 aromatic carbocycles. The normalized spacial score (nSPS) is 16.2. The van der Waals surface area contributed by atoms with Gasteiger partial charge in [0, 0.05) is 19.4 Å². The summed E-state index contributed by atoms with van der Waals surface area (Å²) >= 11 is 0. The molecule has 1 fully saturated rings. The number of furan rings is 1. The highest BCUT2D eigenvalue weighted by Crippen LogP contribution is 2.25. The SMILES string of the molecule is Cc1ccc(C(CNC(=O)CCc2ccco2)N2CCCC2)cc1. The molecule has 128 valence electrons. The first-order valence-electron chi connectivity index (χ1n) is 8.82. The minimum Gasteiger partial charge on any atom is -0.469 e. The number of hydrogen-bond donors (Lipinski definition) is 1. The maximum Gasteiger partial charge on any atom is 0.220 e. The second-order valence-electron chi connectivity index (χ2n) is 6.55. The Kier molecular flexibility index (Phi) is 5.70. The molecule has 24 heavy (non-hydrogen) atoms. The van der Waals surface area contributed by atoms with Crippen LogP contribution in [0.4, 0.5) is 0 Å². The number of hydrogen-bond acceptors (Lipinski definition) is 3. The molecule has 1 amide bonds. The summed E-state index contributed by atoms with van der Waals surface area (Å²) in [5, 5.41) is 3.11. The van der Waals surface area contributed by atoms with Crippen LogP contribution in [0.1, 0.15) is 42.2 Å². The van der Waals surface area contributed by atoms with Gasteiger partial charge in [0.25, 0.3) is 0 Å². The first-order valence-corrected chi connectivity index (χ1v) is 8.82. The van der Waals surface area contributed by atoms with Crippen LogP contribution in [0.25, 0.3) is 0 Å². The fraction of sp³-hybridized carbons (Fsp3) is 0.450. The lowest BCUT2D eigenvalue weighted by molar-refractivity contribution is -0.121. The molecular weight excluding hydrogens is 300 g/mol. The summed E-state index contributed by atoms with van der Waals surface area (Å²) in [5.41, 5.74) is 2.55. The Balaban J connectivity index is 1.57. The minimum atomic E-state index is 0.0858. The van der Waals surface area contributed by atoms with Crippen LogP contribution in [0.2, 0.25) is 0 Å². The molecular formula is C20H26N2O2. The molecule has 2 aromatic rings. The molecule has 0 spiro atoms. The first kappa shape index (κ1) is 16.8. The molecule has 1 unspecified atom stereocenters. The highest BCUT2D eigenvalue weighted by atomic mass is 16.3. The van der Waals surface area contributed by atoms with E-state index in [4.69, 9.17) is 4.42 Å². The number of rotatable bonds is 7. The minimum absolute atomic E-state index is 0.0858. The van der Waals surface area contributed by atoms with Gasteiger partial charge in [0.2, 0.25) is 5.91 Å². The van der Waals surface area contributed by atoms with Crippen molar-refractivity contribution in [2.75, 3.05) is 19.6 Å². The van der Waals surface area contributed by atoms with Crippen molar-refractivity contribution in [3.05, 3.63) is 59.5 Å². The summed E-state index contributed by atoms with van der Waals surface area (Å²) < 4.78 is 5.28. The van der Waals surface area contributed by atoms with Crippen LogP contribution in [0.15, 0.2) is 47.1 Å². The van der Waals surface area contributed by atoms with E-state index in [-0.39, 0.29) is 11.9 Å². The fourth-order valence-corrected chi connectivity index (χ4v) is 3.29. The number of carbonyl (C=O) groups excluding carboxylic acids is 1. The molecule has 1 saturated heterocycles. The van der Waals surface area contributed by atoms with E-state index < -0.39 is 0 Å². The number of nitrogens with zero attached hydrogens (tertiary/aromatic N) is 1. The highest BCUT2D eigenvalue weighted by molar-refractivity contribution is 5.76. The first-order chi connectivity index (χ1) is 11.7. The van der Waals surface area contributed by atoms with Crippen LogP contribution in [0, 0.1) is 6.92 Å². The predicted molar refractivity (Wildman–Crippen MR) is 94.8 cm³/mol. The van der Waals surface area contributed by atoms with Gasteiger partial charge in [0.1, 0.15) is 5.76 Å². The summed E-state index contributed by atoms with van der Waals surface area (Å²) in [4.78, 5) is 14.7. The van der Waals surface area contributed by atoms with Gasteiger partial charge >= 0.3 is 0 Å². The lowest BCUT2D eigenvalue weighted by atomic mass is 10.0. The van der Waals surface area contributed by atoms with Crippen molar-refractivity contribution in [2.45, 2.75) is 38.6 Å². The number of aryl methyl sites for hydroxylation is 2. The molecule has 3 rings (SSSR count). The van der Waals surface area contributed by atoms with Gasteiger partial charge in [-0.3, -0.25) is 9.69 Å². The Morgan fingerprint density at radius 1 is 1.21 bits per heavy atom. The van der Waals surface area contributed by atoms with Gasteiger partial charge in [0.15, 0.2) is 0 Å². The van der Waals surface area contributed by atoms with Crippen LogP contribution in [-0.4, -0.2) is 30.4 Å². The van der Waals surface area contributed by atoms with Gasteiger partial charge in [-0.15, -0.1) is 0 Å². The number of nitrogens with one attached hydrogen (secondary N) is 1. The Bertz CT molecular complexity index is 628. The Morgan fingerprint density at radius 2 is 1.96 bits per heavy atom. The summed E-state index contributed by atoms with van der Waals surface area (Å²) in [6, 6.07) is 12.7. The zero-order valence-corrected chi connectivity index (χ0v) is 14.3. The van der Waals surface area contributed by atoms with Crippen molar-refractivity contribution in [2.24, 2.45) is 0 Å². The molecule has 0 aliphatic carbocycles. The van der Waals surface area contributed by atoms with Crippen molar-refractivity contribution < 1.29 is 9.21 Å². The van der Waals surface area contributed by atoms with Crippen LogP contribution in [0.3, 0.4) is 0 Å². The van der Waals surface area contributed by atoms with Crippen molar-refractivity contribution >= 4 is 5.91 Å². The number of carbonyl (C=O) groups is 1. The van der Waals surface area contributed by atoms with E-state index in [2.05, 4.69) is 41.4 Å². The maximum absolute atomic E-state index is 12.2. The Labute approximate surface area is 143 Å². The topological polar surface area (TPSA) is 45.5 Å². The van der Waals surface area contributed by atoms with E-state index in [9.17, 15) is 4.79 Å². The third kappa shape index (κ3) is 4.48. The Morgan fingerprint density at radius 3 is 2.62 bits per heavy atom. The van der Waals surface area contributed by atoms with E-state index in [1.807, 2.05) is 12.1 Å². The molecule has 0 radical (unpaired) electrons. The van der Waals surface area contributed by atoms with Gasteiger partial charge in [-0.1, -0.05) is 29.8 Å². The molecule has 1 aliphatic heterocycles. The summed E-state index contributed by atoms with van der Waals surface area (Å²) in [5.74, 6) is 0.947. The van der Waals surface area contributed by atoms with Gasteiger partial charge in [-0.05, 0) is 50.6 Å². The van der Waals surface area contributed by atoms with Crippen molar-refractivity contribution in [1.82, 2.24) is 10.2 Å². The zero-order valence-electron chi connectivity index (χ0n) is 14.3. The van der Waals surface area contributed by atoms with Crippen LogP contribution in [0.5, 0.6) is 0 Å². The van der Waals surface area contributed by atoms with E-state index in [1.54, 1.807) is 6.26 Å². The average Bonchev–Trinajstić information content (AvgIpc) is 3.28. The number of likely N-dealkylation sites (tertiary alicyclic amines) is 1. The molecule has 1 aromatic heterocycles. The van der Waals surface area contributed by atoms with Gasteiger partial charge in [-0.2, -0.15) is 0 Å². The van der Waals surface area contributed by atoms with Crippen LogP contribution >= 0.6 is 0 Å². The molecule has 0 saturated carbocycles. The smallest absolute Gasteiger partial charge is 0.220 e. The molecule has 1 atom stereocenters. The fourth-order valence-electron chi connectivity index (χ4n) is 3.29. The third-order valence-corrected chi connectivity index (χ3v) is 4.71. The predicted octanol–water partition coefficient (Wildman–Crippen LogP) is 3.47. The zero-order chi connectivity index (χ0) is 16.8. The summed E-state index contributed by atoms with van der Waals surface area (Å²) in [6.45, 7) is 4.99. The third-order valence-electron chi connectivity index (χ3n) is 4.71. The van der Waals surface area contributed by atoms with Gasteiger partial charge in [0.05, 0.1) is 12.3 Å². The summed E-state index contributed by atoms with van der Waals surface area (Å²) in [7, 11) is 0. The Hall–Kier alpha value is -2.07. The van der Waals surface area contributed by atoms with Gasteiger partial charge in [-0.25, -0.2) is 0 Å². The molecule has 4 heteroatoms. The van der Waals surface area contributed by atoms with Crippen LogP contribution in [-0.2, 0) is 11.2 Å². The number of amides is 1. The standard InChI is InChI=1S/C20H26N2O2/c1-16-6-8-17(9-7-16)19(22-12-2-3-13-22)15-21-20(23)11-10-18-5-4-14-24-18/h4-9,14,19H,2-3,10-13,15H2,1H3,(H,21,23).